The van der Waals surface area contributed by atoms with Gasteiger partial charge in [0.2, 0.25) is 0 Å². The van der Waals surface area contributed by atoms with Gasteiger partial charge in [-0.1, -0.05) is 19.1 Å². The van der Waals surface area contributed by atoms with Crippen LogP contribution < -0.4 is 5.73 Å². The van der Waals surface area contributed by atoms with E-state index in [4.69, 9.17) is 5.73 Å². The number of tetrazole rings is 1. The van der Waals surface area contributed by atoms with E-state index >= 15 is 0 Å². The molecular weight excluding hydrogens is 190 g/mol. The Morgan fingerprint density at radius 2 is 2.20 bits per heavy atom. The fraction of sp³-hybridized carbons (Fsp3) is 0.900. The minimum Gasteiger partial charge on any atom is -0.330 e. The van der Waals surface area contributed by atoms with Crippen molar-refractivity contribution < 1.29 is 0 Å². The maximum atomic E-state index is 5.92. The van der Waals surface area contributed by atoms with E-state index < -0.39 is 0 Å². The van der Waals surface area contributed by atoms with Crippen molar-refractivity contribution in [2.45, 2.75) is 39.5 Å². The fourth-order valence-corrected chi connectivity index (χ4v) is 2.79. The van der Waals surface area contributed by atoms with Crippen LogP contribution in [0.3, 0.4) is 0 Å². The first-order valence-corrected chi connectivity index (χ1v) is 5.48. The molecule has 0 unspecified atom stereocenters. The third-order valence-electron chi connectivity index (χ3n) is 3.54. The van der Waals surface area contributed by atoms with Gasteiger partial charge in [0.15, 0.2) is 5.82 Å². The first-order valence-electron chi connectivity index (χ1n) is 5.48. The molecule has 1 aliphatic carbocycles. The van der Waals surface area contributed by atoms with Crippen molar-refractivity contribution in [3.05, 3.63) is 5.82 Å². The molecule has 0 radical (unpaired) electrons. The quantitative estimate of drug-likeness (QED) is 0.775. The third-order valence-corrected chi connectivity index (χ3v) is 3.54. The number of nitrogens with two attached hydrogens (primary N) is 1. The molecule has 1 saturated carbocycles. The van der Waals surface area contributed by atoms with E-state index in [1.54, 1.807) is 0 Å². The molecule has 15 heavy (non-hydrogen) atoms. The van der Waals surface area contributed by atoms with Gasteiger partial charge in [-0.3, -0.25) is 0 Å². The van der Waals surface area contributed by atoms with Gasteiger partial charge in [-0.2, -0.15) is 5.21 Å². The van der Waals surface area contributed by atoms with E-state index in [-0.39, 0.29) is 5.41 Å². The predicted molar refractivity (Wildman–Crippen MR) is 57.0 cm³/mol. The highest BCUT2D eigenvalue weighted by molar-refractivity contribution is 4.99. The number of rotatable bonds is 3. The summed E-state index contributed by atoms with van der Waals surface area (Å²) in [4.78, 5) is 0. The summed E-state index contributed by atoms with van der Waals surface area (Å²) in [6.45, 7) is 5.33. The highest BCUT2D eigenvalue weighted by atomic mass is 15.5. The van der Waals surface area contributed by atoms with E-state index in [2.05, 4.69) is 34.5 Å². The van der Waals surface area contributed by atoms with E-state index in [1.165, 1.54) is 12.8 Å². The zero-order chi connectivity index (χ0) is 10.9. The minimum absolute atomic E-state index is 0.188. The molecule has 84 valence electrons. The van der Waals surface area contributed by atoms with Gasteiger partial charge >= 0.3 is 0 Å². The number of hydrogen-bond acceptors (Lipinski definition) is 4. The van der Waals surface area contributed by atoms with Crippen molar-refractivity contribution in [1.82, 2.24) is 20.6 Å². The summed E-state index contributed by atoms with van der Waals surface area (Å²) in [6, 6.07) is 0. The summed E-state index contributed by atoms with van der Waals surface area (Å²) in [6.07, 6.45) is 4.42. The fourth-order valence-electron chi connectivity index (χ4n) is 2.79. The molecule has 1 fully saturated rings. The zero-order valence-electron chi connectivity index (χ0n) is 9.45. The standard InChI is InChI=1S/C10H19N5/c1-9(2)3-4-10(6-9,7-11)5-8-12-14-15-13-8/h3-7,11H2,1-2H3,(H,12,13,14,15)/t10-/m1/s1. The van der Waals surface area contributed by atoms with Crippen LogP contribution in [0.4, 0.5) is 0 Å². The molecule has 2 rings (SSSR count). The molecule has 3 N–H and O–H groups in total. The minimum atomic E-state index is 0.188. The van der Waals surface area contributed by atoms with Crippen molar-refractivity contribution in [3.63, 3.8) is 0 Å². The lowest BCUT2D eigenvalue weighted by Gasteiger charge is -2.28. The van der Waals surface area contributed by atoms with Crippen LogP contribution in [0.5, 0.6) is 0 Å². The van der Waals surface area contributed by atoms with Gasteiger partial charge in [-0.25, -0.2) is 0 Å². The molecule has 0 aliphatic heterocycles. The lowest BCUT2D eigenvalue weighted by molar-refractivity contribution is 0.255. The van der Waals surface area contributed by atoms with Gasteiger partial charge in [-0.05, 0) is 36.6 Å². The molecule has 1 atom stereocenters. The smallest absolute Gasteiger partial charge is 0.175 e. The number of H-pyrrole nitrogens is 1. The molecule has 5 heteroatoms. The molecular formula is C10H19N5. The summed E-state index contributed by atoms with van der Waals surface area (Å²) in [5, 5.41) is 14.1. The van der Waals surface area contributed by atoms with Crippen LogP contribution in [-0.4, -0.2) is 27.2 Å². The van der Waals surface area contributed by atoms with Crippen LogP contribution in [-0.2, 0) is 6.42 Å². The summed E-state index contributed by atoms with van der Waals surface area (Å²) >= 11 is 0. The van der Waals surface area contributed by atoms with Gasteiger partial charge in [-0.15, -0.1) is 10.2 Å². The van der Waals surface area contributed by atoms with E-state index in [0.717, 1.165) is 18.7 Å². The average molecular weight is 209 g/mol. The first kappa shape index (κ1) is 10.5. The Morgan fingerprint density at radius 3 is 2.67 bits per heavy atom. The van der Waals surface area contributed by atoms with Crippen LogP contribution in [0.15, 0.2) is 0 Å². The van der Waals surface area contributed by atoms with E-state index in [1.807, 2.05) is 0 Å². The Bertz CT molecular complexity index is 319. The second kappa shape index (κ2) is 3.56. The van der Waals surface area contributed by atoms with Gasteiger partial charge in [0.1, 0.15) is 0 Å². The van der Waals surface area contributed by atoms with E-state index in [9.17, 15) is 0 Å². The highest BCUT2D eigenvalue weighted by Gasteiger charge is 2.42. The first-order chi connectivity index (χ1) is 7.05. The topological polar surface area (TPSA) is 80.5 Å². The molecule has 0 saturated heterocycles. The zero-order valence-corrected chi connectivity index (χ0v) is 9.45. The Hall–Kier alpha value is -0.970. The van der Waals surface area contributed by atoms with Crippen LogP contribution in [0.25, 0.3) is 0 Å². The van der Waals surface area contributed by atoms with Gasteiger partial charge in [0.05, 0.1) is 0 Å². The normalized spacial score (nSPS) is 29.5. The Balaban J connectivity index is 2.10. The molecule has 1 heterocycles. The Labute approximate surface area is 89.8 Å². The largest absolute Gasteiger partial charge is 0.330 e. The van der Waals surface area contributed by atoms with Crippen molar-refractivity contribution >= 4 is 0 Å². The van der Waals surface area contributed by atoms with Crippen LogP contribution in [0.1, 0.15) is 38.9 Å². The average Bonchev–Trinajstić information content (AvgIpc) is 2.75. The summed E-state index contributed by atoms with van der Waals surface area (Å²) in [5.74, 6) is 0.790. The number of aromatic amines is 1. The van der Waals surface area contributed by atoms with E-state index in [0.29, 0.717) is 12.0 Å². The number of nitrogens with zero attached hydrogens (tertiary/aromatic N) is 3. The van der Waals surface area contributed by atoms with Gasteiger partial charge < -0.3 is 5.73 Å². The number of nitrogens with one attached hydrogen (secondary N) is 1. The summed E-state index contributed by atoms with van der Waals surface area (Å²) in [5.41, 5.74) is 6.51. The molecule has 1 aliphatic rings. The predicted octanol–water partition coefficient (Wildman–Crippen LogP) is 0.897. The van der Waals surface area contributed by atoms with Crippen molar-refractivity contribution in [3.8, 4) is 0 Å². The molecule has 0 aromatic carbocycles. The van der Waals surface area contributed by atoms with Crippen LogP contribution in [0, 0.1) is 10.8 Å². The molecule has 0 amide bonds. The third kappa shape index (κ3) is 2.17. The van der Waals surface area contributed by atoms with Gasteiger partial charge in [0, 0.05) is 6.42 Å². The van der Waals surface area contributed by atoms with Crippen LogP contribution >= 0.6 is 0 Å². The molecule has 0 spiro atoms. The van der Waals surface area contributed by atoms with Crippen molar-refractivity contribution in [2.75, 3.05) is 6.54 Å². The summed E-state index contributed by atoms with van der Waals surface area (Å²) < 4.78 is 0. The molecule has 1 aromatic rings. The maximum absolute atomic E-state index is 5.92. The monoisotopic (exact) mass is 209 g/mol. The number of hydrogen-bond donors (Lipinski definition) is 2. The van der Waals surface area contributed by atoms with Crippen molar-refractivity contribution in [1.29, 1.82) is 0 Å². The Morgan fingerprint density at radius 1 is 1.40 bits per heavy atom. The highest BCUT2D eigenvalue weighted by Crippen LogP contribution is 2.49. The van der Waals surface area contributed by atoms with Crippen molar-refractivity contribution in [2.24, 2.45) is 16.6 Å². The Kier molecular flexibility index (Phi) is 2.50. The molecule has 0 bridgehead atoms. The van der Waals surface area contributed by atoms with Gasteiger partial charge in [0.25, 0.3) is 0 Å². The van der Waals surface area contributed by atoms with Crippen LogP contribution in [0.2, 0.25) is 0 Å². The molecule has 5 nitrogen and oxygen atoms in total. The molecule has 1 aromatic heterocycles. The SMILES string of the molecule is CC1(C)CC[C@@](CN)(Cc2nn[nH]n2)C1. The summed E-state index contributed by atoms with van der Waals surface area (Å²) in [7, 11) is 0. The maximum Gasteiger partial charge on any atom is 0.175 e. The lowest BCUT2D eigenvalue weighted by Crippen LogP contribution is -2.31. The second-order valence-electron chi connectivity index (χ2n) is 5.55. The second-order valence-corrected chi connectivity index (χ2v) is 5.55. The lowest BCUT2D eigenvalue weighted by atomic mass is 9.79. The number of aromatic nitrogens is 4.